The van der Waals surface area contributed by atoms with E-state index in [-0.39, 0.29) is 11.7 Å². The van der Waals surface area contributed by atoms with E-state index in [0.29, 0.717) is 32.3 Å². The summed E-state index contributed by atoms with van der Waals surface area (Å²) in [6.07, 6.45) is -0.409. The van der Waals surface area contributed by atoms with Gasteiger partial charge in [-0.2, -0.15) is 0 Å². The van der Waals surface area contributed by atoms with E-state index in [9.17, 15) is 9.59 Å². The summed E-state index contributed by atoms with van der Waals surface area (Å²) >= 11 is 8.72. The lowest BCUT2D eigenvalue weighted by molar-refractivity contribution is -0.113. The zero-order chi connectivity index (χ0) is 27.4. The highest BCUT2D eigenvalue weighted by molar-refractivity contribution is 7.99. The van der Waals surface area contributed by atoms with Gasteiger partial charge in [0.1, 0.15) is 16.3 Å². The Kier molecular flexibility index (Phi) is 8.76. The highest BCUT2D eigenvalue weighted by atomic mass is 35.5. The number of para-hydroxylation sites is 1. The molecule has 0 aliphatic heterocycles. The average molecular weight is 571 g/mol. The summed E-state index contributed by atoms with van der Waals surface area (Å²) in [7, 11) is 3.14. The fourth-order valence-corrected chi connectivity index (χ4v) is 5.72. The molecule has 0 radical (unpaired) electrons. The number of esters is 1. The van der Waals surface area contributed by atoms with Crippen LogP contribution < -0.4 is 10.1 Å². The number of thiophene rings is 1. The van der Waals surface area contributed by atoms with Crippen LogP contribution in [0.3, 0.4) is 0 Å². The van der Waals surface area contributed by atoms with Crippen molar-refractivity contribution in [3.8, 4) is 16.9 Å². The second-order valence-corrected chi connectivity index (χ2v) is 10.8. The van der Waals surface area contributed by atoms with Gasteiger partial charge in [0.2, 0.25) is 5.91 Å². The second kappa shape index (κ2) is 12.0. The van der Waals surface area contributed by atoms with Crippen LogP contribution in [0.4, 0.5) is 5.00 Å². The molecule has 4 aromatic rings. The summed E-state index contributed by atoms with van der Waals surface area (Å²) in [5.41, 5.74) is 4.10. The molecular weight excluding hydrogens is 544 g/mol. The van der Waals surface area contributed by atoms with Crippen molar-refractivity contribution in [2.45, 2.75) is 32.0 Å². The third-order valence-corrected chi connectivity index (χ3v) is 8.05. The van der Waals surface area contributed by atoms with Crippen LogP contribution >= 0.6 is 34.7 Å². The Morgan fingerprint density at radius 2 is 1.92 bits per heavy atom. The number of aromatic nitrogens is 3. The topological polar surface area (TPSA) is 95.3 Å². The molecule has 0 bridgehead atoms. The van der Waals surface area contributed by atoms with E-state index in [0.717, 1.165) is 22.3 Å². The summed E-state index contributed by atoms with van der Waals surface area (Å²) in [6.45, 7) is 5.83. The maximum atomic E-state index is 12.9. The van der Waals surface area contributed by atoms with Gasteiger partial charge in [-0.25, -0.2) is 4.79 Å². The van der Waals surface area contributed by atoms with Crippen molar-refractivity contribution in [2.75, 3.05) is 18.2 Å². The zero-order valence-corrected chi connectivity index (χ0v) is 24.0. The number of nitrogens with one attached hydrogen (secondary N) is 1. The molecule has 1 amide bonds. The molecule has 0 saturated carbocycles. The van der Waals surface area contributed by atoms with Gasteiger partial charge in [0.25, 0.3) is 0 Å². The maximum Gasteiger partial charge on any atom is 0.341 e. The molecular formula is C27H27ClN4O4S2. The van der Waals surface area contributed by atoms with Crippen molar-refractivity contribution in [1.29, 1.82) is 0 Å². The van der Waals surface area contributed by atoms with Crippen molar-refractivity contribution >= 4 is 51.6 Å². The van der Waals surface area contributed by atoms with Crippen molar-refractivity contribution in [3.05, 3.63) is 75.4 Å². The molecule has 11 heteroatoms. The molecule has 0 saturated heterocycles. The van der Waals surface area contributed by atoms with Crippen LogP contribution in [0.25, 0.3) is 11.1 Å². The molecule has 0 spiro atoms. The van der Waals surface area contributed by atoms with Gasteiger partial charge in [0, 0.05) is 18.0 Å². The van der Waals surface area contributed by atoms with Gasteiger partial charge in [-0.15, -0.1) is 21.5 Å². The number of benzene rings is 2. The first-order valence-electron chi connectivity index (χ1n) is 11.7. The number of halogens is 1. The van der Waals surface area contributed by atoms with E-state index in [1.807, 2.05) is 63.5 Å². The highest BCUT2D eigenvalue weighted by Gasteiger charge is 2.24. The van der Waals surface area contributed by atoms with Gasteiger partial charge >= 0.3 is 5.97 Å². The number of ether oxygens (including phenoxy) is 2. The lowest BCUT2D eigenvalue weighted by Crippen LogP contribution is -2.16. The van der Waals surface area contributed by atoms with E-state index in [4.69, 9.17) is 21.1 Å². The molecule has 2 aromatic carbocycles. The van der Waals surface area contributed by atoms with Gasteiger partial charge < -0.3 is 19.4 Å². The minimum Gasteiger partial charge on any atom is -0.481 e. The zero-order valence-electron chi connectivity index (χ0n) is 21.6. The van der Waals surface area contributed by atoms with Crippen LogP contribution in [0.1, 0.15) is 40.3 Å². The van der Waals surface area contributed by atoms with Crippen LogP contribution in [0.2, 0.25) is 5.02 Å². The first-order chi connectivity index (χ1) is 18.2. The Morgan fingerprint density at radius 1 is 1.16 bits per heavy atom. The quantitative estimate of drug-likeness (QED) is 0.182. The lowest BCUT2D eigenvalue weighted by Gasteiger charge is -2.15. The molecule has 0 aliphatic rings. The van der Waals surface area contributed by atoms with E-state index in [1.54, 1.807) is 16.7 Å². The molecule has 1 N–H and O–H groups in total. The minimum absolute atomic E-state index is 0.0725. The van der Waals surface area contributed by atoms with Gasteiger partial charge in [-0.1, -0.05) is 59.3 Å². The summed E-state index contributed by atoms with van der Waals surface area (Å²) in [5.74, 6) is 0.436. The molecule has 4 rings (SSSR count). The Morgan fingerprint density at radius 3 is 2.66 bits per heavy atom. The Balaban J connectivity index is 1.46. The molecule has 198 valence electrons. The van der Waals surface area contributed by atoms with Crippen LogP contribution in [0.5, 0.6) is 5.75 Å². The number of hydrogen-bond donors (Lipinski definition) is 1. The van der Waals surface area contributed by atoms with Gasteiger partial charge in [0.05, 0.1) is 17.9 Å². The molecule has 2 heterocycles. The number of carbonyl (C=O) groups is 2. The molecule has 8 nitrogen and oxygen atoms in total. The standard InChI is InChI=1S/C27H27ClN4O4S2/c1-15-10-11-16(2)18(12-15)19-13-37-25(23(19)26(34)35-5)29-22(33)14-38-27-31-30-24(32(27)4)17(3)36-21-9-7-6-8-20(21)28/h6-13,17H,14H2,1-5H3,(H,29,33). The Bertz CT molecular complexity index is 1480. The van der Waals surface area contributed by atoms with E-state index in [1.165, 1.54) is 30.2 Å². The number of hydrogen-bond acceptors (Lipinski definition) is 8. The average Bonchev–Trinajstić information content (AvgIpc) is 3.48. The SMILES string of the molecule is COC(=O)c1c(-c2cc(C)ccc2C)csc1NC(=O)CSc1nnc(C(C)Oc2ccccc2Cl)n1C. The number of amides is 1. The fourth-order valence-electron chi connectivity index (χ4n) is 3.86. The summed E-state index contributed by atoms with van der Waals surface area (Å²) in [5, 5.41) is 14.7. The van der Waals surface area contributed by atoms with Gasteiger partial charge in [-0.05, 0) is 44.0 Å². The maximum absolute atomic E-state index is 12.9. The predicted molar refractivity (Wildman–Crippen MR) is 151 cm³/mol. The molecule has 0 aliphatic carbocycles. The first kappa shape index (κ1) is 27.7. The summed E-state index contributed by atoms with van der Waals surface area (Å²) < 4.78 is 12.8. The Labute approximate surface area is 234 Å². The molecule has 1 atom stereocenters. The Hall–Kier alpha value is -3.34. The number of thioether (sulfide) groups is 1. The van der Waals surface area contributed by atoms with Gasteiger partial charge in [0.15, 0.2) is 17.1 Å². The third kappa shape index (κ3) is 6.03. The fraction of sp³-hybridized carbons (Fsp3) is 0.259. The van der Waals surface area contributed by atoms with Crippen LogP contribution in [-0.2, 0) is 16.6 Å². The van der Waals surface area contributed by atoms with E-state index in [2.05, 4.69) is 15.5 Å². The summed E-state index contributed by atoms with van der Waals surface area (Å²) in [4.78, 5) is 25.6. The van der Waals surface area contributed by atoms with Crippen molar-refractivity contribution in [3.63, 3.8) is 0 Å². The highest BCUT2D eigenvalue weighted by Crippen LogP contribution is 2.38. The summed E-state index contributed by atoms with van der Waals surface area (Å²) in [6, 6.07) is 13.3. The van der Waals surface area contributed by atoms with Crippen LogP contribution in [-0.4, -0.2) is 39.5 Å². The van der Waals surface area contributed by atoms with Crippen molar-refractivity contribution in [2.24, 2.45) is 7.05 Å². The minimum atomic E-state index is -0.504. The molecule has 1 unspecified atom stereocenters. The third-order valence-electron chi connectivity index (χ3n) is 5.82. The largest absolute Gasteiger partial charge is 0.481 e. The normalized spacial score (nSPS) is 11.7. The molecule has 0 fully saturated rings. The first-order valence-corrected chi connectivity index (χ1v) is 13.9. The van der Waals surface area contributed by atoms with Crippen molar-refractivity contribution in [1.82, 2.24) is 14.8 Å². The van der Waals surface area contributed by atoms with E-state index >= 15 is 0 Å². The number of methoxy groups -OCH3 is 1. The number of anilines is 1. The number of nitrogens with zero attached hydrogens (tertiary/aromatic N) is 3. The smallest absolute Gasteiger partial charge is 0.341 e. The number of aryl methyl sites for hydroxylation is 2. The molecule has 2 aromatic heterocycles. The van der Waals surface area contributed by atoms with Gasteiger partial charge in [-0.3, -0.25) is 4.79 Å². The van der Waals surface area contributed by atoms with Crippen LogP contribution in [0.15, 0.2) is 53.0 Å². The number of rotatable bonds is 9. The second-order valence-electron chi connectivity index (χ2n) is 8.59. The van der Waals surface area contributed by atoms with Crippen molar-refractivity contribution < 1.29 is 19.1 Å². The monoisotopic (exact) mass is 570 g/mol. The lowest BCUT2D eigenvalue weighted by atomic mass is 9.97. The van der Waals surface area contributed by atoms with E-state index < -0.39 is 12.1 Å². The predicted octanol–water partition coefficient (Wildman–Crippen LogP) is 6.47. The molecule has 38 heavy (non-hydrogen) atoms. The van der Waals surface area contributed by atoms with Crippen LogP contribution in [0, 0.1) is 13.8 Å². The number of carbonyl (C=O) groups excluding carboxylic acids is 2.